The maximum absolute atomic E-state index is 12.8. The third-order valence-electron chi connectivity index (χ3n) is 4.57. The molecule has 1 aromatic heterocycles. The zero-order valence-electron chi connectivity index (χ0n) is 15.2. The largest absolute Gasteiger partial charge is 0.497 e. The van der Waals surface area contributed by atoms with Crippen LogP contribution in [-0.4, -0.2) is 47.1 Å². The van der Waals surface area contributed by atoms with E-state index in [0.717, 1.165) is 24.1 Å². The number of amides is 2. The predicted octanol–water partition coefficient (Wildman–Crippen LogP) is 2.15. The molecule has 0 fully saturated rings. The first kappa shape index (κ1) is 18.0. The third kappa shape index (κ3) is 3.71. The molecule has 2 aromatic rings. The first-order valence-electron chi connectivity index (χ1n) is 8.91. The van der Waals surface area contributed by atoms with Crippen molar-refractivity contribution in [3.05, 3.63) is 46.8 Å². The second-order valence-electron chi connectivity index (χ2n) is 6.35. The summed E-state index contributed by atoms with van der Waals surface area (Å²) in [6.07, 6.45) is 2.60. The van der Waals surface area contributed by atoms with Crippen molar-refractivity contribution in [1.82, 2.24) is 20.4 Å². The minimum absolute atomic E-state index is 0.0758. The zero-order chi connectivity index (χ0) is 18.5. The van der Waals surface area contributed by atoms with Crippen molar-refractivity contribution in [2.75, 3.05) is 20.2 Å². The number of unbranched alkanes of at least 4 members (excludes halogenated alkanes) is 1. The number of hydrogen-bond donors (Lipinski definition) is 2. The summed E-state index contributed by atoms with van der Waals surface area (Å²) < 4.78 is 5.19. The van der Waals surface area contributed by atoms with Crippen LogP contribution in [0.4, 0.5) is 0 Å². The van der Waals surface area contributed by atoms with Crippen molar-refractivity contribution in [3.8, 4) is 5.75 Å². The molecular weight excluding hydrogens is 332 g/mol. The first-order valence-corrected chi connectivity index (χ1v) is 8.91. The summed E-state index contributed by atoms with van der Waals surface area (Å²) in [4.78, 5) is 26.9. The molecule has 0 unspecified atom stereocenters. The molecule has 26 heavy (non-hydrogen) atoms. The Morgan fingerprint density at radius 2 is 2.23 bits per heavy atom. The summed E-state index contributed by atoms with van der Waals surface area (Å²) in [5.41, 5.74) is 2.70. The predicted molar refractivity (Wildman–Crippen MR) is 97.3 cm³/mol. The number of fused-ring (bicyclic) bond motifs is 1. The summed E-state index contributed by atoms with van der Waals surface area (Å²) in [5.74, 6) is 0.382. The Morgan fingerprint density at radius 1 is 1.38 bits per heavy atom. The molecule has 1 aromatic carbocycles. The van der Waals surface area contributed by atoms with Crippen molar-refractivity contribution >= 4 is 11.8 Å². The Bertz CT molecular complexity index is 800. The van der Waals surface area contributed by atoms with Gasteiger partial charge in [0.2, 0.25) is 0 Å². The molecule has 7 heteroatoms. The lowest BCUT2D eigenvalue weighted by Crippen LogP contribution is -2.37. The highest BCUT2D eigenvalue weighted by Crippen LogP contribution is 2.23. The number of nitrogens with zero attached hydrogens (tertiary/aromatic N) is 2. The topological polar surface area (TPSA) is 87.3 Å². The normalized spacial score (nSPS) is 13.2. The van der Waals surface area contributed by atoms with Crippen molar-refractivity contribution in [2.24, 2.45) is 0 Å². The van der Waals surface area contributed by atoms with Crippen molar-refractivity contribution in [3.63, 3.8) is 0 Å². The fourth-order valence-electron chi connectivity index (χ4n) is 3.06. The second-order valence-corrected chi connectivity index (χ2v) is 6.35. The van der Waals surface area contributed by atoms with Gasteiger partial charge in [-0.2, -0.15) is 5.10 Å². The maximum atomic E-state index is 12.8. The van der Waals surface area contributed by atoms with Crippen LogP contribution in [0, 0.1) is 0 Å². The van der Waals surface area contributed by atoms with Crippen LogP contribution in [-0.2, 0) is 13.0 Å². The Balaban J connectivity index is 1.75. The van der Waals surface area contributed by atoms with E-state index >= 15 is 0 Å². The lowest BCUT2D eigenvalue weighted by atomic mass is 10.0. The molecule has 0 radical (unpaired) electrons. The Labute approximate surface area is 152 Å². The van der Waals surface area contributed by atoms with Gasteiger partial charge in [0, 0.05) is 36.3 Å². The van der Waals surface area contributed by atoms with Crippen molar-refractivity contribution in [1.29, 1.82) is 0 Å². The van der Waals surface area contributed by atoms with Gasteiger partial charge in [-0.15, -0.1) is 0 Å². The quantitative estimate of drug-likeness (QED) is 0.777. The summed E-state index contributed by atoms with van der Waals surface area (Å²) in [6, 6.07) is 7.10. The summed E-state index contributed by atoms with van der Waals surface area (Å²) >= 11 is 0. The molecular formula is C19H24N4O3. The number of H-pyrrole nitrogens is 1. The average molecular weight is 356 g/mol. The minimum atomic E-state index is -0.188. The van der Waals surface area contributed by atoms with Gasteiger partial charge in [-0.05, 0) is 24.6 Å². The molecule has 3 rings (SSSR count). The van der Waals surface area contributed by atoms with Crippen LogP contribution < -0.4 is 10.1 Å². The monoisotopic (exact) mass is 356 g/mol. The van der Waals surface area contributed by atoms with Crippen molar-refractivity contribution < 1.29 is 14.3 Å². The van der Waals surface area contributed by atoms with Crippen LogP contribution in [0.15, 0.2) is 24.3 Å². The fraction of sp³-hybridized carbons (Fsp3) is 0.421. The maximum Gasteiger partial charge on any atom is 0.272 e. The van der Waals surface area contributed by atoms with E-state index in [1.807, 2.05) is 0 Å². The van der Waals surface area contributed by atoms with Gasteiger partial charge in [-0.3, -0.25) is 14.7 Å². The SMILES string of the molecule is CCCCNC(=O)c1n[nH]c2c1CN(C(=O)c1cccc(OC)c1)CC2. The third-order valence-corrected chi connectivity index (χ3v) is 4.57. The van der Waals surface area contributed by atoms with Gasteiger partial charge in [-0.1, -0.05) is 19.4 Å². The standard InChI is InChI=1S/C19H24N4O3/c1-3-4-9-20-18(24)17-15-12-23(10-8-16(15)21-22-17)19(25)13-6-5-7-14(11-13)26-2/h5-7,11H,3-4,8-10,12H2,1-2H3,(H,20,24)(H,21,22). The molecule has 1 aliphatic rings. The highest BCUT2D eigenvalue weighted by Gasteiger charge is 2.28. The van der Waals surface area contributed by atoms with Crippen LogP contribution in [0.3, 0.4) is 0 Å². The molecule has 2 amide bonds. The van der Waals surface area contributed by atoms with Crippen LogP contribution in [0.1, 0.15) is 51.9 Å². The van der Waals surface area contributed by atoms with E-state index in [0.29, 0.717) is 43.1 Å². The number of carbonyl (C=O) groups excluding carboxylic acids is 2. The van der Waals surface area contributed by atoms with E-state index in [9.17, 15) is 9.59 Å². The number of benzene rings is 1. The Kier molecular flexibility index (Phi) is 5.55. The number of methoxy groups -OCH3 is 1. The summed E-state index contributed by atoms with van der Waals surface area (Å²) in [7, 11) is 1.58. The number of hydrogen-bond acceptors (Lipinski definition) is 4. The molecule has 0 saturated carbocycles. The number of aromatic amines is 1. The Morgan fingerprint density at radius 3 is 3.00 bits per heavy atom. The molecule has 2 heterocycles. The smallest absolute Gasteiger partial charge is 0.272 e. The van der Waals surface area contributed by atoms with Crippen molar-refractivity contribution in [2.45, 2.75) is 32.7 Å². The van der Waals surface area contributed by atoms with Crippen LogP contribution in [0.25, 0.3) is 0 Å². The van der Waals surface area contributed by atoms with E-state index in [1.165, 1.54) is 0 Å². The average Bonchev–Trinajstić information content (AvgIpc) is 3.10. The fourth-order valence-corrected chi connectivity index (χ4v) is 3.06. The number of rotatable bonds is 6. The van der Waals surface area contributed by atoms with E-state index in [2.05, 4.69) is 22.4 Å². The number of ether oxygens (including phenoxy) is 1. The molecule has 0 spiro atoms. The molecule has 0 saturated heterocycles. The molecule has 1 aliphatic heterocycles. The highest BCUT2D eigenvalue weighted by molar-refractivity contribution is 5.96. The van der Waals surface area contributed by atoms with E-state index < -0.39 is 0 Å². The highest BCUT2D eigenvalue weighted by atomic mass is 16.5. The lowest BCUT2D eigenvalue weighted by Gasteiger charge is -2.27. The van der Waals surface area contributed by atoms with Gasteiger partial charge in [-0.25, -0.2) is 0 Å². The second kappa shape index (κ2) is 8.03. The van der Waals surface area contributed by atoms with Crippen LogP contribution in [0.2, 0.25) is 0 Å². The summed E-state index contributed by atoms with van der Waals surface area (Å²) in [5, 5.41) is 10.0. The lowest BCUT2D eigenvalue weighted by molar-refractivity contribution is 0.0731. The zero-order valence-corrected chi connectivity index (χ0v) is 15.2. The number of nitrogens with one attached hydrogen (secondary N) is 2. The Hall–Kier alpha value is -2.83. The molecule has 0 bridgehead atoms. The molecule has 2 N–H and O–H groups in total. The van der Waals surface area contributed by atoms with Gasteiger partial charge in [0.1, 0.15) is 5.75 Å². The van der Waals surface area contributed by atoms with E-state index in [4.69, 9.17) is 4.74 Å². The molecule has 0 aliphatic carbocycles. The van der Waals surface area contributed by atoms with Gasteiger partial charge in [0.25, 0.3) is 11.8 Å². The van der Waals surface area contributed by atoms with Gasteiger partial charge < -0.3 is 15.0 Å². The summed E-state index contributed by atoms with van der Waals surface area (Å²) in [6.45, 7) is 3.66. The molecule has 0 atom stereocenters. The minimum Gasteiger partial charge on any atom is -0.497 e. The van der Waals surface area contributed by atoms with E-state index in [-0.39, 0.29) is 11.8 Å². The van der Waals surface area contributed by atoms with Gasteiger partial charge in [0.15, 0.2) is 5.69 Å². The van der Waals surface area contributed by atoms with Crippen LogP contribution in [0.5, 0.6) is 5.75 Å². The molecule has 138 valence electrons. The van der Waals surface area contributed by atoms with Gasteiger partial charge >= 0.3 is 0 Å². The molecule has 7 nitrogen and oxygen atoms in total. The number of aromatic nitrogens is 2. The van der Waals surface area contributed by atoms with Gasteiger partial charge in [0.05, 0.1) is 13.7 Å². The number of carbonyl (C=O) groups is 2. The first-order chi connectivity index (χ1) is 12.6. The van der Waals surface area contributed by atoms with E-state index in [1.54, 1.807) is 36.3 Å². The van der Waals surface area contributed by atoms with Crippen LogP contribution >= 0.6 is 0 Å².